The molecular formula is C14H18ClN3O3. The molecule has 1 aromatic carbocycles. The van der Waals surface area contributed by atoms with Gasteiger partial charge in [-0.05, 0) is 25.3 Å². The van der Waals surface area contributed by atoms with Gasteiger partial charge in [0.25, 0.3) is 5.69 Å². The second kappa shape index (κ2) is 7.38. The number of amides is 1. The quantitative estimate of drug-likeness (QED) is 0.669. The highest BCUT2D eigenvalue weighted by Gasteiger charge is 2.18. The Bertz CT molecular complexity index is 530. The molecule has 0 bridgehead atoms. The monoisotopic (exact) mass is 311 g/mol. The average molecular weight is 312 g/mol. The number of hydrogen-bond donors (Lipinski definition) is 1. The maximum Gasteiger partial charge on any atom is 0.275 e. The van der Waals surface area contributed by atoms with Crippen molar-refractivity contribution in [2.24, 2.45) is 0 Å². The van der Waals surface area contributed by atoms with Crippen molar-refractivity contribution in [3.8, 4) is 0 Å². The topological polar surface area (TPSA) is 75.5 Å². The maximum absolute atomic E-state index is 12.0. The van der Waals surface area contributed by atoms with Gasteiger partial charge in [0, 0.05) is 25.7 Å². The van der Waals surface area contributed by atoms with Crippen LogP contribution in [0.4, 0.5) is 5.69 Å². The smallest absolute Gasteiger partial charge is 0.275 e. The average Bonchev–Trinajstić information content (AvgIpc) is 2.49. The predicted molar refractivity (Wildman–Crippen MR) is 80.2 cm³/mol. The van der Waals surface area contributed by atoms with Crippen molar-refractivity contribution in [2.45, 2.75) is 25.8 Å². The normalized spacial score (nSPS) is 15.0. The van der Waals surface area contributed by atoms with Gasteiger partial charge in [-0.3, -0.25) is 14.9 Å². The molecule has 0 atom stereocenters. The number of piperidine rings is 1. The summed E-state index contributed by atoms with van der Waals surface area (Å²) in [5, 5.41) is 14.3. The Morgan fingerprint density at radius 1 is 1.33 bits per heavy atom. The van der Waals surface area contributed by atoms with Crippen molar-refractivity contribution in [2.75, 3.05) is 19.6 Å². The van der Waals surface area contributed by atoms with Crippen LogP contribution in [0.15, 0.2) is 18.2 Å². The molecule has 0 spiro atoms. The number of nitro benzene ring substituents is 1. The standard InChI is InChI=1S/C14H18ClN3O3/c15-12-5-4-6-13(18(20)21)11(12)9-16-10-14(19)17-7-2-1-3-8-17/h4-6,16H,1-3,7-10H2. The third-order valence-corrected chi connectivity index (χ3v) is 3.93. The van der Waals surface area contributed by atoms with E-state index < -0.39 is 4.92 Å². The highest BCUT2D eigenvalue weighted by molar-refractivity contribution is 6.31. The predicted octanol–water partition coefficient (Wildman–Crippen LogP) is 2.35. The van der Waals surface area contributed by atoms with E-state index in [0.29, 0.717) is 10.6 Å². The number of rotatable bonds is 5. The van der Waals surface area contributed by atoms with E-state index in [1.807, 2.05) is 4.90 Å². The number of hydrogen-bond acceptors (Lipinski definition) is 4. The van der Waals surface area contributed by atoms with Crippen molar-refractivity contribution in [1.29, 1.82) is 0 Å². The second-order valence-corrected chi connectivity index (χ2v) is 5.45. The summed E-state index contributed by atoms with van der Waals surface area (Å²) in [6.07, 6.45) is 3.26. The summed E-state index contributed by atoms with van der Waals surface area (Å²) in [7, 11) is 0. The third kappa shape index (κ3) is 4.15. The van der Waals surface area contributed by atoms with E-state index in [4.69, 9.17) is 11.6 Å². The third-order valence-electron chi connectivity index (χ3n) is 3.58. The van der Waals surface area contributed by atoms with Crippen molar-refractivity contribution in [1.82, 2.24) is 10.2 Å². The van der Waals surface area contributed by atoms with Crippen LogP contribution >= 0.6 is 11.6 Å². The number of benzene rings is 1. The van der Waals surface area contributed by atoms with Crippen LogP contribution in [0, 0.1) is 10.1 Å². The summed E-state index contributed by atoms with van der Waals surface area (Å²) in [6.45, 7) is 1.97. The summed E-state index contributed by atoms with van der Waals surface area (Å²) in [5.41, 5.74) is 0.385. The molecule has 0 aromatic heterocycles. The fourth-order valence-electron chi connectivity index (χ4n) is 2.44. The molecule has 0 saturated carbocycles. The van der Waals surface area contributed by atoms with E-state index in [1.165, 1.54) is 12.5 Å². The van der Waals surface area contributed by atoms with Crippen LogP contribution in [0.1, 0.15) is 24.8 Å². The molecule has 0 unspecified atom stereocenters. The number of nitro groups is 1. The molecule has 0 radical (unpaired) electrons. The molecule has 114 valence electrons. The number of nitrogens with zero attached hydrogens (tertiary/aromatic N) is 2. The molecule has 1 saturated heterocycles. The zero-order chi connectivity index (χ0) is 15.2. The van der Waals surface area contributed by atoms with Gasteiger partial charge in [-0.2, -0.15) is 0 Å². The SMILES string of the molecule is O=C(CNCc1c(Cl)cccc1[N+](=O)[O-])N1CCCCC1. The summed E-state index contributed by atoms with van der Waals surface area (Å²) < 4.78 is 0. The number of likely N-dealkylation sites (tertiary alicyclic amines) is 1. The van der Waals surface area contributed by atoms with E-state index in [0.717, 1.165) is 25.9 Å². The first-order chi connectivity index (χ1) is 10.1. The van der Waals surface area contributed by atoms with Crippen molar-refractivity contribution >= 4 is 23.2 Å². The van der Waals surface area contributed by atoms with Crippen LogP contribution in [0.3, 0.4) is 0 Å². The number of halogens is 1. The summed E-state index contributed by atoms with van der Waals surface area (Å²) in [4.78, 5) is 24.3. The molecule has 2 rings (SSSR count). The Kier molecular flexibility index (Phi) is 5.52. The summed E-state index contributed by atoms with van der Waals surface area (Å²) >= 11 is 6.00. The molecule has 1 heterocycles. The lowest BCUT2D eigenvalue weighted by atomic mass is 10.1. The lowest BCUT2D eigenvalue weighted by Gasteiger charge is -2.26. The minimum absolute atomic E-state index is 0.0274. The van der Waals surface area contributed by atoms with Gasteiger partial charge in [0.15, 0.2) is 0 Å². The van der Waals surface area contributed by atoms with Crippen LogP contribution in [-0.4, -0.2) is 35.4 Å². The molecule has 1 aliphatic heterocycles. The van der Waals surface area contributed by atoms with Gasteiger partial charge in [0.1, 0.15) is 0 Å². The van der Waals surface area contributed by atoms with E-state index >= 15 is 0 Å². The van der Waals surface area contributed by atoms with Gasteiger partial charge in [-0.1, -0.05) is 17.7 Å². The van der Waals surface area contributed by atoms with E-state index in [1.54, 1.807) is 12.1 Å². The molecule has 1 aliphatic rings. The fraction of sp³-hybridized carbons (Fsp3) is 0.500. The molecule has 1 N–H and O–H groups in total. The number of carbonyl (C=O) groups excluding carboxylic acids is 1. The zero-order valence-corrected chi connectivity index (χ0v) is 12.4. The van der Waals surface area contributed by atoms with E-state index in [-0.39, 0.29) is 24.7 Å². The highest BCUT2D eigenvalue weighted by Crippen LogP contribution is 2.25. The van der Waals surface area contributed by atoms with Crippen LogP contribution < -0.4 is 5.32 Å². The Morgan fingerprint density at radius 2 is 2.05 bits per heavy atom. The van der Waals surface area contributed by atoms with E-state index in [9.17, 15) is 14.9 Å². The van der Waals surface area contributed by atoms with Crippen molar-refractivity contribution in [3.63, 3.8) is 0 Å². The maximum atomic E-state index is 12.0. The molecule has 6 nitrogen and oxygen atoms in total. The first kappa shape index (κ1) is 15.7. The van der Waals surface area contributed by atoms with Crippen LogP contribution in [0.2, 0.25) is 5.02 Å². The molecule has 1 aromatic rings. The van der Waals surface area contributed by atoms with Gasteiger partial charge in [0.05, 0.1) is 22.1 Å². The first-order valence-corrected chi connectivity index (χ1v) is 7.37. The zero-order valence-electron chi connectivity index (χ0n) is 11.7. The molecule has 1 amide bonds. The minimum atomic E-state index is -0.463. The summed E-state index contributed by atoms with van der Waals surface area (Å²) in [6, 6.07) is 4.57. The van der Waals surface area contributed by atoms with Gasteiger partial charge < -0.3 is 10.2 Å². The van der Waals surface area contributed by atoms with Crippen LogP contribution in [0.25, 0.3) is 0 Å². The van der Waals surface area contributed by atoms with Crippen molar-refractivity contribution in [3.05, 3.63) is 38.9 Å². The van der Waals surface area contributed by atoms with Crippen LogP contribution in [-0.2, 0) is 11.3 Å². The van der Waals surface area contributed by atoms with Gasteiger partial charge in [-0.15, -0.1) is 0 Å². The lowest BCUT2D eigenvalue weighted by molar-refractivity contribution is -0.385. The van der Waals surface area contributed by atoms with Gasteiger partial charge in [-0.25, -0.2) is 0 Å². The van der Waals surface area contributed by atoms with Gasteiger partial charge in [0.2, 0.25) is 5.91 Å². The molecule has 21 heavy (non-hydrogen) atoms. The molecule has 0 aliphatic carbocycles. The van der Waals surface area contributed by atoms with Gasteiger partial charge >= 0.3 is 0 Å². The molecule has 1 fully saturated rings. The van der Waals surface area contributed by atoms with Crippen molar-refractivity contribution < 1.29 is 9.72 Å². The molecular weight excluding hydrogens is 294 g/mol. The summed E-state index contributed by atoms with van der Waals surface area (Å²) in [5.74, 6) is 0.0319. The lowest BCUT2D eigenvalue weighted by Crippen LogP contribution is -2.41. The van der Waals surface area contributed by atoms with Crippen LogP contribution in [0.5, 0.6) is 0 Å². The number of carbonyl (C=O) groups is 1. The Hall–Kier alpha value is -1.66. The fourth-order valence-corrected chi connectivity index (χ4v) is 2.68. The first-order valence-electron chi connectivity index (χ1n) is 7.00. The second-order valence-electron chi connectivity index (χ2n) is 5.04. The Morgan fingerprint density at radius 3 is 2.71 bits per heavy atom. The molecule has 7 heteroatoms. The largest absolute Gasteiger partial charge is 0.342 e. The highest BCUT2D eigenvalue weighted by atomic mass is 35.5. The minimum Gasteiger partial charge on any atom is -0.342 e. The number of nitrogens with one attached hydrogen (secondary N) is 1. The van der Waals surface area contributed by atoms with E-state index in [2.05, 4.69) is 5.32 Å². The Balaban J connectivity index is 1.91. The Labute approximate surface area is 128 Å².